The van der Waals surface area contributed by atoms with Crippen molar-refractivity contribution in [2.45, 2.75) is 0 Å². The molecule has 1 rings (SSSR count). The summed E-state index contributed by atoms with van der Waals surface area (Å²) in [7, 11) is 11.6. The van der Waals surface area contributed by atoms with E-state index in [1.165, 1.54) is 0 Å². The molecule has 0 spiro atoms. The van der Waals surface area contributed by atoms with Gasteiger partial charge in [-0.2, -0.15) is 0 Å². The summed E-state index contributed by atoms with van der Waals surface area (Å²) in [5, 5.41) is 2.62. The number of amides is 1. The number of anilines is 1. The minimum absolute atomic E-state index is 0. The van der Waals surface area contributed by atoms with Crippen molar-refractivity contribution in [3.05, 3.63) is 24.3 Å². The maximum atomic E-state index is 10.9. The first-order valence-corrected chi connectivity index (χ1v) is 9.72. The van der Waals surface area contributed by atoms with Gasteiger partial charge in [0.1, 0.15) is 0 Å². The molecule has 0 aliphatic rings. The fraction of sp³-hybridized carbons (Fsp3) is 0.125. The molecule has 1 aromatic carbocycles. The zero-order chi connectivity index (χ0) is 10.6. The normalized spacial score (nSPS) is 9.60. The summed E-state index contributed by atoms with van der Waals surface area (Å²) in [6, 6.07) is 7.14. The second kappa shape index (κ2) is 7.37. The second-order valence-corrected chi connectivity index (χ2v) is 9.01. The van der Waals surface area contributed by atoms with Gasteiger partial charge in [-0.05, 0) is 0 Å². The van der Waals surface area contributed by atoms with Crippen LogP contribution >= 0.6 is 32.3 Å². The van der Waals surface area contributed by atoms with Crippen LogP contribution in [0.15, 0.2) is 24.3 Å². The van der Waals surface area contributed by atoms with Gasteiger partial charge in [-0.3, -0.25) is 0 Å². The predicted molar refractivity (Wildman–Crippen MR) is 68.5 cm³/mol. The number of hydrogen-bond acceptors (Lipinski definition) is 2. The van der Waals surface area contributed by atoms with Crippen LogP contribution in [0.1, 0.15) is 0 Å². The Kier molecular flexibility index (Phi) is 7.41. The number of carbonyl (C=O) groups is 1. The van der Waals surface area contributed by atoms with Gasteiger partial charge in [0.2, 0.25) is 0 Å². The number of halogens is 3. The molecule has 0 aromatic heterocycles. The molecule has 3 nitrogen and oxygen atoms in total. The monoisotopic (exact) mass is 330 g/mol. The molecular weight excluding hydrogens is 321 g/mol. The van der Waals surface area contributed by atoms with Crippen LogP contribution < -0.4 is 15.4 Å². The average Bonchev–Trinajstić information content (AvgIpc) is 2.18. The molecule has 0 unspecified atom stereocenters. The SMILES string of the molecule is Cl.NCC(=O)Nc1ccc([As](Cl)Cl)cc1. The number of hydrogen-bond donors (Lipinski definition) is 2. The molecule has 0 heterocycles. The molecule has 7 heteroatoms. The number of nitrogens with one attached hydrogen (secondary N) is 1. The summed E-state index contributed by atoms with van der Waals surface area (Å²) in [6.07, 6.45) is 0. The van der Waals surface area contributed by atoms with E-state index in [0.717, 1.165) is 4.35 Å². The predicted octanol–water partition coefficient (Wildman–Crippen LogP) is 1.18. The summed E-state index contributed by atoms with van der Waals surface area (Å²) < 4.78 is 0.937. The molecule has 0 fully saturated rings. The molecule has 1 aromatic rings. The van der Waals surface area contributed by atoms with E-state index < -0.39 is 12.8 Å². The molecule has 0 saturated heterocycles. The third-order valence-electron chi connectivity index (χ3n) is 1.53. The van der Waals surface area contributed by atoms with Crippen molar-refractivity contribution in [2.24, 2.45) is 5.73 Å². The van der Waals surface area contributed by atoms with Crippen molar-refractivity contribution >= 4 is 61.0 Å². The molecule has 0 saturated carbocycles. The Morgan fingerprint density at radius 1 is 1.33 bits per heavy atom. The van der Waals surface area contributed by atoms with Gasteiger partial charge in [0.15, 0.2) is 0 Å². The zero-order valence-corrected chi connectivity index (χ0v) is 11.8. The first-order chi connectivity index (χ1) is 6.63. The van der Waals surface area contributed by atoms with Gasteiger partial charge in [-0.1, -0.05) is 0 Å². The van der Waals surface area contributed by atoms with Gasteiger partial charge >= 0.3 is 95.3 Å². The summed E-state index contributed by atoms with van der Waals surface area (Å²) in [6.45, 7) is -0.0232. The van der Waals surface area contributed by atoms with E-state index in [-0.39, 0.29) is 24.9 Å². The molecule has 0 aliphatic carbocycles. The van der Waals surface area contributed by atoms with Gasteiger partial charge in [0.25, 0.3) is 0 Å². The van der Waals surface area contributed by atoms with Gasteiger partial charge in [0.05, 0.1) is 0 Å². The van der Waals surface area contributed by atoms with Crippen LogP contribution in [0.2, 0.25) is 0 Å². The average molecular weight is 331 g/mol. The second-order valence-electron chi connectivity index (χ2n) is 2.53. The van der Waals surface area contributed by atoms with Crippen molar-refractivity contribution in [3.63, 3.8) is 0 Å². The maximum absolute atomic E-state index is 10.9. The fourth-order valence-electron chi connectivity index (χ4n) is 0.869. The molecule has 0 aliphatic heterocycles. The topological polar surface area (TPSA) is 55.1 Å². The number of rotatable bonds is 3. The van der Waals surface area contributed by atoms with Crippen LogP contribution in [0.5, 0.6) is 0 Å². The summed E-state index contributed by atoms with van der Waals surface area (Å²) >= 11 is -1.85. The van der Waals surface area contributed by atoms with Crippen molar-refractivity contribution in [1.29, 1.82) is 0 Å². The Morgan fingerprint density at radius 3 is 2.27 bits per heavy atom. The zero-order valence-electron chi connectivity index (χ0n) is 7.61. The van der Waals surface area contributed by atoms with Crippen molar-refractivity contribution in [1.82, 2.24) is 0 Å². The molecular formula is C8H10AsCl3N2O. The number of benzene rings is 1. The Hall–Kier alpha value is 0.0784. The molecule has 0 radical (unpaired) electrons. The van der Waals surface area contributed by atoms with Gasteiger partial charge in [-0.15, -0.1) is 12.4 Å². The van der Waals surface area contributed by atoms with Crippen molar-refractivity contribution < 1.29 is 4.79 Å². The first-order valence-electron chi connectivity index (χ1n) is 3.85. The van der Waals surface area contributed by atoms with Crippen LogP contribution in [0, 0.1) is 0 Å². The molecule has 3 N–H and O–H groups in total. The van der Waals surface area contributed by atoms with E-state index in [2.05, 4.69) is 5.32 Å². The van der Waals surface area contributed by atoms with E-state index in [1.807, 2.05) is 12.1 Å². The quantitative estimate of drug-likeness (QED) is 0.817. The Balaban J connectivity index is 0.00000196. The van der Waals surface area contributed by atoms with Crippen LogP contribution in [0.3, 0.4) is 0 Å². The Morgan fingerprint density at radius 2 is 1.87 bits per heavy atom. The molecule has 15 heavy (non-hydrogen) atoms. The van der Waals surface area contributed by atoms with Crippen molar-refractivity contribution in [2.75, 3.05) is 11.9 Å². The number of carbonyl (C=O) groups excluding carboxylic acids is 1. The third kappa shape index (κ3) is 5.09. The Labute approximate surface area is 107 Å². The van der Waals surface area contributed by atoms with Gasteiger partial charge < -0.3 is 0 Å². The molecule has 0 bridgehead atoms. The van der Waals surface area contributed by atoms with Crippen LogP contribution in [-0.4, -0.2) is 25.2 Å². The molecule has 1 amide bonds. The van der Waals surface area contributed by atoms with E-state index in [9.17, 15) is 4.79 Å². The van der Waals surface area contributed by atoms with E-state index in [1.54, 1.807) is 12.1 Å². The van der Waals surface area contributed by atoms with Gasteiger partial charge in [-0.25, -0.2) is 0 Å². The Bertz CT molecular complexity index is 318. The molecule has 0 atom stereocenters. The van der Waals surface area contributed by atoms with Gasteiger partial charge in [0, 0.05) is 0 Å². The van der Waals surface area contributed by atoms with E-state index >= 15 is 0 Å². The standard InChI is InChI=1S/C8H9AsCl2N2O.ClH/c10-9(11)6-1-3-7(4-2-6)13-8(14)5-12;/h1-4H,5,12H2,(H,13,14);1H. The summed E-state index contributed by atoms with van der Waals surface area (Å²) in [4.78, 5) is 10.9. The van der Waals surface area contributed by atoms with E-state index in [4.69, 9.17) is 25.6 Å². The van der Waals surface area contributed by atoms with Crippen LogP contribution in [0.25, 0.3) is 0 Å². The van der Waals surface area contributed by atoms with Crippen LogP contribution in [-0.2, 0) is 4.79 Å². The van der Waals surface area contributed by atoms with Crippen molar-refractivity contribution in [3.8, 4) is 0 Å². The summed E-state index contributed by atoms with van der Waals surface area (Å²) in [5.41, 5.74) is 5.85. The fourth-order valence-corrected chi connectivity index (χ4v) is 2.83. The third-order valence-corrected chi connectivity index (χ3v) is 5.00. The minimum atomic E-state index is -1.85. The molecule has 84 valence electrons. The first kappa shape index (κ1) is 15.1. The van der Waals surface area contributed by atoms with Crippen LogP contribution in [0.4, 0.5) is 5.69 Å². The number of nitrogens with two attached hydrogens (primary N) is 1. The van der Waals surface area contributed by atoms with E-state index in [0.29, 0.717) is 5.69 Å². The summed E-state index contributed by atoms with van der Waals surface area (Å²) in [5.74, 6) is -0.219.